The lowest BCUT2D eigenvalue weighted by atomic mass is 9.98. The van der Waals surface area contributed by atoms with Gasteiger partial charge in [-0.2, -0.15) is 0 Å². The lowest BCUT2D eigenvalue weighted by molar-refractivity contribution is 0.813. The fourth-order valence-corrected chi connectivity index (χ4v) is 6.93. The molecule has 0 amide bonds. The Labute approximate surface area is 171 Å². The number of hydrogen-bond donors (Lipinski definition) is 2. The molecule has 0 saturated carbocycles. The van der Waals surface area contributed by atoms with Gasteiger partial charge in [0.1, 0.15) is 10.7 Å². The van der Waals surface area contributed by atoms with Gasteiger partial charge in [-0.1, -0.05) is 60.7 Å². The number of hydrogen-bond acceptors (Lipinski definition) is 5. The first kappa shape index (κ1) is 17.5. The van der Waals surface area contributed by atoms with Crippen LogP contribution in [0.5, 0.6) is 0 Å². The molecule has 1 aliphatic rings. The maximum absolute atomic E-state index is 8.62. The van der Waals surface area contributed by atoms with Crippen molar-refractivity contribution in [2.24, 2.45) is 0 Å². The monoisotopic (exact) mass is 404 g/mol. The van der Waals surface area contributed by atoms with Crippen LogP contribution in [0, 0.1) is 12.3 Å². The zero-order valence-electron chi connectivity index (χ0n) is 15.4. The van der Waals surface area contributed by atoms with Crippen molar-refractivity contribution in [2.75, 3.05) is 5.84 Å². The molecule has 28 heavy (non-hydrogen) atoms. The Morgan fingerprint density at radius 2 is 1.68 bits per heavy atom. The van der Waals surface area contributed by atoms with Crippen molar-refractivity contribution in [2.45, 2.75) is 23.8 Å². The summed E-state index contributed by atoms with van der Waals surface area (Å²) in [5.41, 5.74) is 4.21. The molecule has 0 radical (unpaired) electrons. The number of rotatable bonds is 2. The van der Waals surface area contributed by atoms with Crippen LogP contribution >= 0.6 is 23.1 Å². The second-order valence-electron chi connectivity index (χ2n) is 7.03. The van der Waals surface area contributed by atoms with Gasteiger partial charge in [-0.25, -0.2) is 9.66 Å². The SMILES string of the molecule is Cc1nc2sc3c(c2c(=N)n1N)CC(c1ccccc1)SC3c1ccccc1. The van der Waals surface area contributed by atoms with E-state index < -0.39 is 0 Å². The van der Waals surface area contributed by atoms with Crippen molar-refractivity contribution in [3.05, 3.63) is 93.5 Å². The van der Waals surface area contributed by atoms with Crippen molar-refractivity contribution < 1.29 is 0 Å². The topological polar surface area (TPSA) is 67.7 Å². The number of thioether (sulfide) groups is 1. The number of nitrogens with zero attached hydrogens (tertiary/aromatic N) is 2. The fourth-order valence-electron chi connectivity index (χ4n) is 3.87. The second kappa shape index (κ2) is 6.79. The van der Waals surface area contributed by atoms with Gasteiger partial charge in [0.25, 0.3) is 0 Å². The van der Waals surface area contributed by atoms with Crippen LogP contribution in [0.15, 0.2) is 60.7 Å². The maximum Gasteiger partial charge on any atom is 0.155 e. The molecule has 3 N–H and O–H groups in total. The Morgan fingerprint density at radius 3 is 2.36 bits per heavy atom. The fraction of sp³-hybridized carbons (Fsp3) is 0.182. The third-order valence-electron chi connectivity index (χ3n) is 5.31. The minimum Gasteiger partial charge on any atom is -0.336 e. The molecule has 1 aliphatic heterocycles. The van der Waals surface area contributed by atoms with Crippen LogP contribution in [0.1, 0.15) is 37.9 Å². The molecule has 0 saturated heterocycles. The largest absolute Gasteiger partial charge is 0.336 e. The summed E-state index contributed by atoms with van der Waals surface area (Å²) >= 11 is 3.71. The van der Waals surface area contributed by atoms with Gasteiger partial charge >= 0.3 is 0 Å². The van der Waals surface area contributed by atoms with Crippen LogP contribution in [0.25, 0.3) is 10.2 Å². The molecule has 2 aromatic carbocycles. The Bertz CT molecular complexity index is 1210. The van der Waals surface area contributed by atoms with E-state index in [1.165, 1.54) is 26.2 Å². The van der Waals surface area contributed by atoms with E-state index in [1.54, 1.807) is 11.3 Å². The van der Waals surface area contributed by atoms with Crippen molar-refractivity contribution in [1.29, 1.82) is 5.41 Å². The molecule has 0 spiro atoms. The first-order chi connectivity index (χ1) is 13.6. The minimum absolute atomic E-state index is 0.236. The molecule has 140 valence electrons. The van der Waals surface area contributed by atoms with Crippen molar-refractivity contribution >= 4 is 33.3 Å². The number of nitrogen functional groups attached to an aromatic ring is 1. The van der Waals surface area contributed by atoms with E-state index in [4.69, 9.17) is 16.2 Å². The third kappa shape index (κ3) is 2.75. The van der Waals surface area contributed by atoms with Crippen LogP contribution < -0.4 is 11.3 Å². The van der Waals surface area contributed by atoms with Gasteiger partial charge in [-0.15, -0.1) is 23.1 Å². The summed E-state index contributed by atoms with van der Waals surface area (Å²) in [6.45, 7) is 1.85. The number of aromatic nitrogens is 2. The quantitative estimate of drug-likeness (QED) is 0.475. The van der Waals surface area contributed by atoms with Gasteiger partial charge in [0.05, 0.1) is 10.6 Å². The molecule has 2 atom stereocenters. The zero-order valence-corrected chi connectivity index (χ0v) is 17.1. The highest BCUT2D eigenvalue weighted by atomic mass is 32.2. The summed E-state index contributed by atoms with van der Waals surface area (Å²) in [6.07, 6.45) is 0.893. The molecule has 0 bridgehead atoms. The van der Waals surface area contributed by atoms with E-state index in [1.807, 2.05) is 18.7 Å². The van der Waals surface area contributed by atoms with Gasteiger partial charge in [-0.3, -0.25) is 5.41 Å². The van der Waals surface area contributed by atoms with E-state index in [2.05, 4.69) is 60.7 Å². The summed E-state index contributed by atoms with van der Waals surface area (Å²) < 4.78 is 1.39. The highest BCUT2D eigenvalue weighted by Crippen LogP contribution is 2.54. The van der Waals surface area contributed by atoms with E-state index in [9.17, 15) is 0 Å². The summed E-state index contributed by atoms with van der Waals surface area (Å²) in [6, 6.07) is 21.3. The second-order valence-corrected chi connectivity index (χ2v) is 9.38. The van der Waals surface area contributed by atoms with Crippen LogP contribution in [-0.4, -0.2) is 9.66 Å². The number of fused-ring (bicyclic) bond motifs is 3. The van der Waals surface area contributed by atoms with Crippen molar-refractivity contribution in [3.63, 3.8) is 0 Å². The van der Waals surface area contributed by atoms with Gasteiger partial charge in [0.15, 0.2) is 5.49 Å². The Kier molecular flexibility index (Phi) is 4.25. The van der Waals surface area contributed by atoms with E-state index in [0.717, 1.165) is 16.6 Å². The van der Waals surface area contributed by atoms with Crippen molar-refractivity contribution in [1.82, 2.24) is 9.66 Å². The Morgan fingerprint density at radius 1 is 1.04 bits per heavy atom. The first-order valence-electron chi connectivity index (χ1n) is 9.23. The van der Waals surface area contributed by atoms with Crippen molar-refractivity contribution in [3.8, 4) is 0 Å². The Hall–Kier alpha value is -2.57. The predicted molar refractivity (Wildman–Crippen MR) is 117 cm³/mol. The summed E-state index contributed by atoms with van der Waals surface area (Å²) in [5, 5.41) is 10.1. The predicted octanol–water partition coefficient (Wildman–Crippen LogP) is 4.72. The van der Waals surface area contributed by atoms with E-state index >= 15 is 0 Å². The highest BCUT2D eigenvalue weighted by molar-refractivity contribution is 8.00. The molecule has 0 aliphatic carbocycles. The summed E-state index contributed by atoms with van der Waals surface area (Å²) in [4.78, 5) is 6.93. The Balaban J connectivity index is 1.75. The molecule has 0 fully saturated rings. The van der Waals surface area contributed by atoms with Crippen LogP contribution in [-0.2, 0) is 6.42 Å². The molecule has 4 nitrogen and oxygen atoms in total. The molecule has 4 aromatic rings. The van der Waals surface area contributed by atoms with Gasteiger partial charge in [0, 0.05) is 10.1 Å². The van der Waals surface area contributed by atoms with E-state index in [-0.39, 0.29) is 5.25 Å². The lowest BCUT2D eigenvalue weighted by Crippen LogP contribution is -2.30. The maximum atomic E-state index is 8.62. The van der Waals surface area contributed by atoms with Crippen LogP contribution in [0.3, 0.4) is 0 Å². The van der Waals surface area contributed by atoms with Gasteiger partial charge in [0.2, 0.25) is 0 Å². The number of thiophene rings is 1. The van der Waals surface area contributed by atoms with E-state index in [0.29, 0.717) is 16.6 Å². The molecular weight excluding hydrogens is 384 g/mol. The number of aryl methyl sites for hydroxylation is 1. The molecule has 5 rings (SSSR count). The van der Waals surface area contributed by atoms with Gasteiger partial charge < -0.3 is 5.84 Å². The first-order valence-corrected chi connectivity index (χ1v) is 11.0. The highest BCUT2D eigenvalue weighted by Gasteiger charge is 2.33. The summed E-state index contributed by atoms with van der Waals surface area (Å²) in [7, 11) is 0. The molecular formula is C22H20N4S2. The smallest absolute Gasteiger partial charge is 0.155 e. The average Bonchev–Trinajstić information content (AvgIpc) is 3.10. The normalized spacial score (nSPS) is 18.9. The number of nitrogens with two attached hydrogens (primary N) is 1. The summed E-state index contributed by atoms with van der Waals surface area (Å²) in [5.74, 6) is 6.76. The standard InChI is InChI=1S/C22H20N4S2/c1-13-25-22-18(21(23)26(13)24)16-12-17(14-8-4-2-5-9-14)27-19(20(16)28-22)15-10-6-3-7-11-15/h2-11,17,19,23H,12,24H2,1H3. The zero-order chi connectivity index (χ0) is 19.3. The number of benzene rings is 2. The lowest BCUT2D eigenvalue weighted by Gasteiger charge is -2.30. The molecule has 6 heteroatoms. The van der Waals surface area contributed by atoms with Crippen LogP contribution in [0.2, 0.25) is 0 Å². The van der Waals surface area contributed by atoms with Crippen LogP contribution in [0.4, 0.5) is 0 Å². The average molecular weight is 405 g/mol. The third-order valence-corrected chi connectivity index (χ3v) is 8.20. The molecule has 2 aromatic heterocycles. The van der Waals surface area contributed by atoms with Gasteiger partial charge in [-0.05, 0) is 30.0 Å². The molecule has 2 unspecified atom stereocenters. The number of nitrogens with one attached hydrogen (secondary N) is 1. The minimum atomic E-state index is 0.236. The molecule has 3 heterocycles.